The number of hydrogen-bond donors (Lipinski definition) is 1. The molecule has 0 spiro atoms. The van der Waals surface area contributed by atoms with Crippen LogP contribution in [0, 0.1) is 5.92 Å². The predicted molar refractivity (Wildman–Crippen MR) is 112 cm³/mol. The summed E-state index contributed by atoms with van der Waals surface area (Å²) in [5, 5.41) is 10.7. The number of unbranched alkanes of at least 4 members (excludes halogenated alkanes) is 1. The molecule has 4 nitrogen and oxygen atoms in total. The van der Waals surface area contributed by atoms with Crippen LogP contribution in [0.2, 0.25) is 0 Å². The van der Waals surface area contributed by atoms with E-state index in [2.05, 4.69) is 12.1 Å². The minimum atomic E-state index is -0.892. The maximum absolute atomic E-state index is 12.7. The van der Waals surface area contributed by atoms with Crippen LogP contribution in [0.15, 0.2) is 52.9 Å². The first-order valence-corrected chi connectivity index (χ1v) is 10.5. The first-order chi connectivity index (χ1) is 14.1. The van der Waals surface area contributed by atoms with Crippen molar-refractivity contribution in [3.63, 3.8) is 0 Å². The number of fused-ring (bicyclic) bond motifs is 3. The fourth-order valence-electron chi connectivity index (χ4n) is 4.29. The van der Waals surface area contributed by atoms with Gasteiger partial charge in [0.2, 0.25) is 0 Å². The second-order valence-corrected chi connectivity index (χ2v) is 7.96. The third kappa shape index (κ3) is 4.42. The van der Waals surface area contributed by atoms with Gasteiger partial charge in [-0.1, -0.05) is 48.9 Å². The first kappa shape index (κ1) is 19.4. The van der Waals surface area contributed by atoms with Gasteiger partial charge in [0.1, 0.15) is 11.3 Å². The summed E-state index contributed by atoms with van der Waals surface area (Å²) >= 11 is 0. The maximum Gasteiger partial charge on any atom is 0.306 e. The molecule has 1 aliphatic carbocycles. The van der Waals surface area contributed by atoms with E-state index in [4.69, 9.17) is 4.42 Å². The van der Waals surface area contributed by atoms with Crippen molar-refractivity contribution < 1.29 is 19.1 Å². The smallest absolute Gasteiger partial charge is 0.306 e. The molecule has 0 unspecified atom stereocenters. The molecule has 1 aromatic heterocycles. The summed E-state index contributed by atoms with van der Waals surface area (Å²) in [6.45, 7) is 0. The van der Waals surface area contributed by atoms with Gasteiger partial charge in [-0.25, -0.2) is 0 Å². The van der Waals surface area contributed by atoms with Crippen LogP contribution in [0.25, 0.3) is 11.0 Å². The van der Waals surface area contributed by atoms with Gasteiger partial charge in [0.05, 0.1) is 5.92 Å². The summed E-state index contributed by atoms with van der Waals surface area (Å²) < 4.78 is 5.91. The fraction of sp³-hybridized carbons (Fsp3) is 0.360. The van der Waals surface area contributed by atoms with Crippen LogP contribution in [-0.2, 0) is 24.1 Å². The van der Waals surface area contributed by atoms with E-state index in [1.54, 1.807) is 6.07 Å². The Morgan fingerprint density at radius 2 is 1.86 bits per heavy atom. The molecule has 0 amide bonds. The lowest BCUT2D eigenvalue weighted by Gasteiger charge is -2.12. The molecule has 1 aliphatic rings. The van der Waals surface area contributed by atoms with E-state index in [-0.39, 0.29) is 12.2 Å². The molecule has 150 valence electrons. The number of furan rings is 1. The van der Waals surface area contributed by atoms with Crippen LogP contribution in [-0.4, -0.2) is 16.9 Å². The SMILES string of the molecule is O=C(C[C@H](CCCCc1ccccc1)C(=O)O)c1ccc2c3c(oc2c1)CCC3. The van der Waals surface area contributed by atoms with Gasteiger partial charge in [0.25, 0.3) is 0 Å². The molecule has 29 heavy (non-hydrogen) atoms. The van der Waals surface area contributed by atoms with Crippen LogP contribution >= 0.6 is 0 Å². The average Bonchev–Trinajstić information content (AvgIpc) is 3.31. The number of carbonyl (C=O) groups excluding carboxylic acids is 1. The fourth-order valence-corrected chi connectivity index (χ4v) is 4.29. The number of carboxylic acids is 1. The van der Waals surface area contributed by atoms with E-state index in [0.717, 1.165) is 55.3 Å². The van der Waals surface area contributed by atoms with E-state index < -0.39 is 11.9 Å². The van der Waals surface area contributed by atoms with Gasteiger partial charge in [0.15, 0.2) is 5.78 Å². The van der Waals surface area contributed by atoms with Crippen molar-refractivity contribution >= 4 is 22.7 Å². The minimum absolute atomic E-state index is 0.0343. The molecular weight excluding hydrogens is 364 g/mol. The molecule has 0 saturated heterocycles. The molecule has 1 N–H and O–H groups in total. The number of benzene rings is 2. The monoisotopic (exact) mass is 390 g/mol. The Hall–Kier alpha value is -2.88. The molecule has 4 heteroatoms. The lowest BCUT2D eigenvalue weighted by molar-refractivity contribution is -0.141. The maximum atomic E-state index is 12.7. The van der Waals surface area contributed by atoms with Gasteiger partial charge in [-0.15, -0.1) is 0 Å². The van der Waals surface area contributed by atoms with Crippen LogP contribution < -0.4 is 0 Å². The Bertz CT molecular complexity index is 1020. The highest BCUT2D eigenvalue weighted by molar-refractivity contribution is 6.01. The highest BCUT2D eigenvalue weighted by Gasteiger charge is 2.23. The second-order valence-electron chi connectivity index (χ2n) is 7.96. The summed E-state index contributed by atoms with van der Waals surface area (Å²) in [5.41, 5.74) is 3.81. The van der Waals surface area contributed by atoms with Gasteiger partial charge in [-0.2, -0.15) is 0 Å². The highest BCUT2D eigenvalue weighted by Crippen LogP contribution is 2.33. The summed E-state index contributed by atoms with van der Waals surface area (Å²) in [4.78, 5) is 24.4. The molecule has 0 saturated carbocycles. The number of carboxylic acid groups (broad SMARTS) is 1. The molecular formula is C25H26O4. The summed E-state index contributed by atoms with van der Waals surface area (Å²) in [6.07, 6.45) is 6.31. The average molecular weight is 390 g/mol. The summed E-state index contributed by atoms with van der Waals surface area (Å²) in [7, 11) is 0. The molecule has 1 atom stereocenters. The number of hydrogen-bond acceptors (Lipinski definition) is 3. The molecule has 4 rings (SSSR count). The highest BCUT2D eigenvalue weighted by atomic mass is 16.4. The number of aryl methyl sites for hydroxylation is 3. The number of Topliss-reactive ketones (excluding diaryl/α,β-unsaturated/α-hetero) is 1. The summed E-state index contributed by atoms with van der Waals surface area (Å²) in [6, 6.07) is 15.7. The topological polar surface area (TPSA) is 67.5 Å². The molecule has 0 aliphatic heterocycles. The predicted octanol–water partition coefficient (Wildman–Crippen LogP) is 5.61. The van der Waals surface area contributed by atoms with E-state index in [1.165, 1.54) is 11.1 Å². The molecule has 3 aromatic rings. The lowest BCUT2D eigenvalue weighted by Crippen LogP contribution is -2.18. The second kappa shape index (κ2) is 8.64. The van der Waals surface area contributed by atoms with Crippen molar-refractivity contribution in [2.45, 2.75) is 51.4 Å². The first-order valence-electron chi connectivity index (χ1n) is 10.5. The Kier molecular flexibility index (Phi) is 5.79. The van der Waals surface area contributed by atoms with Crippen molar-refractivity contribution in [1.29, 1.82) is 0 Å². The zero-order valence-electron chi connectivity index (χ0n) is 16.5. The van der Waals surface area contributed by atoms with Crippen LogP contribution in [0.4, 0.5) is 0 Å². The lowest BCUT2D eigenvalue weighted by atomic mass is 9.92. The Morgan fingerprint density at radius 1 is 1.03 bits per heavy atom. The largest absolute Gasteiger partial charge is 0.481 e. The van der Waals surface area contributed by atoms with E-state index in [0.29, 0.717) is 12.0 Å². The Labute approximate surface area is 170 Å². The van der Waals surface area contributed by atoms with Gasteiger partial charge in [-0.3, -0.25) is 9.59 Å². The normalized spacial score (nSPS) is 14.1. The number of carbonyl (C=O) groups is 2. The van der Waals surface area contributed by atoms with Crippen molar-refractivity contribution in [3.8, 4) is 0 Å². The number of rotatable bonds is 9. The van der Waals surface area contributed by atoms with Crippen LogP contribution in [0.3, 0.4) is 0 Å². The van der Waals surface area contributed by atoms with Gasteiger partial charge < -0.3 is 9.52 Å². The van der Waals surface area contributed by atoms with Crippen molar-refractivity contribution in [2.24, 2.45) is 5.92 Å². The van der Waals surface area contributed by atoms with Gasteiger partial charge in [0, 0.05) is 29.4 Å². The van der Waals surface area contributed by atoms with E-state index in [1.807, 2.05) is 30.3 Å². The number of aliphatic carboxylic acids is 1. The van der Waals surface area contributed by atoms with Crippen LogP contribution in [0.5, 0.6) is 0 Å². The molecule has 1 heterocycles. The molecule has 0 bridgehead atoms. The quantitative estimate of drug-likeness (QED) is 0.381. The van der Waals surface area contributed by atoms with Gasteiger partial charge in [-0.05, 0) is 43.7 Å². The zero-order chi connectivity index (χ0) is 20.2. The standard InChI is InChI=1S/C25H26O4/c26-22(18-13-14-21-20-11-6-12-23(20)29-24(21)16-18)15-19(25(27)28)10-5-4-9-17-7-2-1-3-8-17/h1-3,7-8,13-14,16,19H,4-6,9-12,15H2,(H,27,28)/t19-/m0/s1. The van der Waals surface area contributed by atoms with E-state index in [9.17, 15) is 14.7 Å². The Balaban J connectivity index is 1.36. The zero-order valence-corrected chi connectivity index (χ0v) is 16.5. The minimum Gasteiger partial charge on any atom is -0.481 e. The molecule has 0 fully saturated rings. The van der Waals surface area contributed by atoms with Crippen molar-refractivity contribution in [3.05, 3.63) is 71.0 Å². The summed E-state index contributed by atoms with van der Waals surface area (Å²) in [5.74, 6) is -0.628. The number of ketones is 1. The molecule has 2 aromatic carbocycles. The molecule has 0 radical (unpaired) electrons. The van der Waals surface area contributed by atoms with Crippen molar-refractivity contribution in [1.82, 2.24) is 0 Å². The Morgan fingerprint density at radius 3 is 2.66 bits per heavy atom. The van der Waals surface area contributed by atoms with Crippen molar-refractivity contribution in [2.75, 3.05) is 0 Å². The third-order valence-electron chi connectivity index (χ3n) is 5.92. The van der Waals surface area contributed by atoms with Gasteiger partial charge >= 0.3 is 5.97 Å². The third-order valence-corrected chi connectivity index (χ3v) is 5.92. The van der Waals surface area contributed by atoms with E-state index >= 15 is 0 Å². The van der Waals surface area contributed by atoms with Crippen LogP contribution in [0.1, 0.15) is 59.3 Å².